The Kier molecular flexibility index (Phi) is 5.21. The number of rotatable bonds is 5. The Hall–Kier alpha value is -1.32. The summed E-state index contributed by atoms with van der Waals surface area (Å²) >= 11 is 0. The molecule has 0 aromatic carbocycles. The summed E-state index contributed by atoms with van der Waals surface area (Å²) in [6.07, 6.45) is 0.163. The minimum Gasteiger partial charge on any atom is -0.463 e. The highest BCUT2D eigenvalue weighted by Crippen LogP contribution is 2.20. The average Bonchev–Trinajstić information content (AvgIpc) is 1.98. The largest absolute Gasteiger partial charge is 0.463 e. The van der Waals surface area contributed by atoms with Crippen LogP contribution in [0.2, 0.25) is 0 Å². The lowest BCUT2D eigenvalue weighted by atomic mass is 10.0. The van der Waals surface area contributed by atoms with Crippen molar-refractivity contribution in [2.45, 2.75) is 52.7 Å². The normalized spacial score (nSPS) is 12.8. The molecule has 16 heavy (non-hydrogen) atoms. The van der Waals surface area contributed by atoms with E-state index >= 15 is 0 Å². The van der Waals surface area contributed by atoms with Gasteiger partial charge in [0.15, 0.2) is 0 Å². The van der Waals surface area contributed by atoms with Gasteiger partial charge in [0.25, 0.3) is 0 Å². The Morgan fingerprint density at radius 1 is 1.31 bits per heavy atom. The molecule has 4 nitrogen and oxygen atoms in total. The summed E-state index contributed by atoms with van der Waals surface area (Å²) in [4.78, 5) is 22.1. The Morgan fingerprint density at radius 3 is 2.19 bits per heavy atom. The van der Waals surface area contributed by atoms with E-state index in [0.717, 1.165) is 0 Å². The van der Waals surface area contributed by atoms with Crippen LogP contribution in [0.1, 0.15) is 41.0 Å². The quantitative estimate of drug-likeness (QED) is 0.535. The minimum atomic E-state index is -0.676. The fraction of sp³-hybridized carbons (Fsp3) is 0.667. The SMILES string of the molecule is C=C(C)C(=O)OC(C)(C)CC(C)OC(C)=O. The van der Waals surface area contributed by atoms with Crippen LogP contribution in [0.15, 0.2) is 12.2 Å². The van der Waals surface area contributed by atoms with E-state index in [9.17, 15) is 9.59 Å². The third kappa shape index (κ3) is 6.22. The van der Waals surface area contributed by atoms with Crippen molar-refractivity contribution < 1.29 is 19.1 Å². The Balaban J connectivity index is 4.28. The highest BCUT2D eigenvalue weighted by Gasteiger charge is 2.26. The first-order valence-corrected chi connectivity index (χ1v) is 5.20. The van der Waals surface area contributed by atoms with Gasteiger partial charge >= 0.3 is 11.9 Å². The number of hydrogen-bond acceptors (Lipinski definition) is 4. The second-order valence-electron chi connectivity index (χ2n) is 4.55. The van der Waals surface area contributed by atoms with Gasteiger partial charge in [-0.25, -0.2) is 4.79 Å². The first-order valence-electron chi connectivity index (χ1n) is 5.20. The lowest BCUT2D eigenvalue weighted by molar-refractivity contribution is -0.157. The van der Waals surface area contributed by atoms with E-state index in [2.05, 4.69) is 6.58 Å². The summed E-state index contributed by atoms with van der Waals surface area (Å²) in [6.45, 7) is 11.8. The molecule has 0 bridgehead atoms. The van der Waals surface area contributed by atoms with Crippen molar-refractivity contribution in [3.63, 3.8) is 0 Å². The molecule has 0 saturated carbocycles. The molecular weight excluding hydrogens is 208 g/mol. The first kappa shape index (κ1) is 14.7. The van der Waals surface area contributed by atoms with Crippen molar-refractivity contribution in [1.29, 1.82) is 0 Å². The predicted octanol–water partition coefficient (Wildman–Crippen LogP) is 2.23. The molecule has 0 amide bonds. The zero-order valence-electron chi connectivity index (χ0n) is 10.6. The number of hydrogen-bond donors (Lipinski definition) is 0. The summed E-state index contributed by atoms with van der Waals surface area (Å²) in [6, 6.07) is 0. The maximum absolute atomic E-state index is 11.3. The Bertz CT molecular complexity index is 291. The van der Waals surface area contributed by atoms with E-state index in [-0.39, 0.29) is 12.1 Å². The van der Waals surface area contributed by atoms with E-state index in [1.807, 2.05) is 0 Å². The van der Waals surface area contributed by atoms with Crippen LogP contribution in [0, 0.1) is 0 Å². The van der Waals surface area contributed by atoms with E-state index in [4.69, 9.17) is 9.47 Å². The summed E-state index contributed by atoms with van der Waals surface area (Å²) in [5, 5.41) is 0. The van der Waals surface area contributed by atoms with Crippen LogP contribution in [0.3, 0.4) is 0 Å². The average molecular weight is 228 g/mol. The van der Waals surface area contributed by atoms with Crippen LogP contribution in [-0.4, -0.2) is 23.6 Å². The molecule has 1 unspecified atom stereocenters. The molecule has 4 heteroatoms. The molecule has 0 heterocycles. The lowest BCUT2D eigenvalue weighted by Crippen LogP contribution is -2.33. The highest BCUT2D eigenvalue weighted by atomic mass is 16.6. The van der Waals surface area contributed by atoms with Crippen molar-refractivity contribution in [2.75, 3.05) is 0 Å². The van der Waals surface area contributed by atoms with Gasteiger partial charge in [0, 0.05) is 18.9 Å². The first-order chi connectivity index (χ1) is 7.14. The highest BCUT2D eigenvalue weighted by molar-refractivity contribution is 5.87. The molecule has 0 rings (SSSR count). The van der Waals surface area contributed by atoms with Gasteiger partial charge in [-0.1, -0.05) is 6.58 Å². The van der Waals surface area contributed by atoms with Gasteiger partial charge in [0.1, 0.15) is 11.7 Å². The van der Waals surface area contributed by atoms with Crippen molar-refractivity contribution in [3.8, 4) is 0 Å². The molecule has 0 N–H and O–H groups in total. The van der Waals surface area contributed by atoms with Crippen LogP contribution in [0.4, 0.5) is 0 Å². The molecule has 0 aromatic rings. The number of ether oxygens (including phenoxy) is 2. The minimum absolute atomic E-state index is 0.287. The summed E-state index contributed by atoms with van der Waals surface area (Å²) < 4.78 is 10.2. The summed E-state index contributed by atoms with van der Waals surface area (Å²) in [5.41, 5.74) is -0.321. The fourth-order valence-electron chi connectivity index (χ4n) is 1.40. The van der Waals surface area contributed by atoms with E-state index < -0.39 is 11.6 Å². The second-order valence-corrected chi connectivity index (χ2v) is 4.55. The molecule has 0 spiro atoms. The van der Waals surface area contributed by atoms with Crippen molar-refractivity contribution in [2.24, 2.45) is 0 Å². The Labute approximate surface area is 96.6 Å². The molecule has 0 fully saturated rings. The van der Waals surface area contributed by atoms with Gasteiger partial charge in [0.2, 0.25) is 0 Å². The van der Waals surface area contributed by atoms with Gasteiger partial charge < -0.3 is 9.47 Å². The van der Waals surface area contributed by atoms with E-state index in [1.165, 1.54) is 6.92 Å². The van der Waals surface area contributed by atoms with Gasteiger partial charge in [-0.15, -0.1) is 0 Å². The molecule has 1 atom stereocenters. The predicted molar refractivity (Wildman–Crippen MR) is 60.8 cm³/mol. The molecule has 0 aliphatic heterocycles. The third-order valence-electron chi connectivity index (χ3n) is 1.86. The molecule has 0 saturated heterocycles. The van der Waals surface area contributed by atoms with Crippen LogP contribution < -0.4 is 0 Å². The van der Waals surface area contributed by atoms with Crippen molar-refractivity contribution in [1.82, 2.24) is 0 Å². The zero-order valence-corrected chi connectivity index (χ0v) is 10.6. The zero-order chi connectivity index (χ0) is 12.9. The van der Waals surface area contributed by atoms with Gasteiger partial charge in [-0.2, -0.15) is 0 Å². The van der Waals surface area contributed by atoms with Crippen molar-refractivity contribution >= 4 is 11.9 Å². The second kappa shape index (κ2) is 5.68. The van der Waals surface area contributed by atoms with Crippen molar-refractivity contribution in [3.05, 3.63) is 12.2 Å². The smallest absolute Gasteiger partial charge is 0.333 e. The van der Waals surface area contributed by atoms with Gasteiger partial charge in [-0.05, 0) is 27.7 Å². The molecule has 0 aliphatic carbocycles. The van der Waals surface area contributed by atoms with Crippen LogP contribution in [0.25, 0.3) is 0 Å². The van der Waals surface area contributed by atoms with E-state index in [1.54, 1.807) is 27.7 Å². The van der Waals surface area contributed by atoms with Crippen LogP contribution in [-0.2, 0) is 19.1 Å². The third-order valence-corrected chi connectivity index (χ3v) is 1.86. The van der Waals surface area contributed by atoms with Gasteiger partial charge in [0.05, 0.1) is 0 Å². The summed E-state index contributed by atoms with van der Waals surface area (Å²) in [5.74, 6) is -0.769. The van der Waals surface area contributed by atoms with Crippen LogP contribution >= 0.6 is 0 Å². The van der Waals surface area contributed by atoms with Gasteiger partial charge in [-0.3, -0.25) is 4.79 Å². The topological polar surface area (TPSA) is 52.6 Å². The number of esters is 2. The fourth-order valence-corrected chi connectivity index (χ4v) is 1.40. The molecule has 92 valence electrons. The summed E-state index contributed by atoms with van der Waals surface area (Å²) in [7, 11) is 0. The lowest BCUT2D eigenvalue weighted by Gasteiger charge is -2.27. The number of carbonyl (C=O) groups is 2. The van der Waals surface area contributed by atoms with Crippen LogP contribution in [0.5, 0.6) is 0 Å². The molecular formula is C12H20O4. The maximum Gasteiger partial charge on any atom is 0.333 e. The maximum atomic E-state index is 11.3. The standard InChI is InChI=1S/C12H20O4/c1-8(2)11(14)16-12(5,6)7-9(3)15-10(4)13/h9H,1,7H2,2-6H3. The number of carbonyl (C=O) groups excluding carboxylic acids is 2. The molecule has 0 aliphatic rings. The van der Waals surface area contributed by atoms with E-state index in [0.29, 0.717) is 12.0 Å². The monoisotopic (exact) mass is 228 g/mol. The Morgan fingerprint density at radius 2 is 1.81 bits per heavy atom. The molecule has 0 radical (unpaired) electrons. The molecule has 0 aromatic heterocycles.